The Hall–Kier alpha value is -3.71. The van der Waals surface area contributed by atoms with Gasteiger partial charge in [0.25, 0.3) is 5.91 Å². The van der Waals surface area contributed by atoms with Crippen LogP contribution in [-0.2, 0) is 4.79 Å². The number of halogens is 1. The van der Waals surface area contributed by atoms with Crippen molar-refractivity contribution >= 4 is 34.2 Å². The summed E-state index contributed by atoms with van der Waals surface area (Å²) in [4.78, 5) is 26.0. The van der Waals surface area contributed by atoms with E-state index in [1.54, 1.807) is 42.5 Å². The van der Waals surface area contributed by atoms with Crippen molar-refractivity contribution in [1.82, 2.24) is 0 Å². The maximum Gasteiger partial charge on any atom is 0.265 e. The molecule has 0 radical (unpaired) electrons. The van der Waals surface area contributed by atoms with Gasteiger partial charge in [-0.15, -0.1) is 0 Å². The number of hydrogen-bond donors (Lipinski definition) is 1. The van der Waals surface area contributed by atoms with Gasteiger partial charge in [0.15, 0.2) is 11.9 Å². The zero-order valence-corrected chi connectivity index (χ0v) is 18.1. The molecule has 0 saturated carbocycles. The molecule has 164 valence electrons. The first-order chi connectivity index (χ1) is 15.5. The standard InChI is InChI=1S/C24H20ClNO6/c1-3-29-19-8-5-4-7-17(19)26-24(28)14(2)31-23-21(27)16-13-15(25)10-11-18(16)32-22(23)20-9-6-12-30-20/h4-14H,3H2,1-2H3,(H,26,28). The molecule has 0 bridgehead atoms. The highest BCUT2D eigenvalue weighted by Gasteiger charge is 2.25. The Labute approximate surface area is 188 Å². The fourth-order valence-corrected chi connectivity index (χ4v) is 3.32. The van der Waals surface area contributed by atoms with Crippen molar-refractivity contribution in [2.45, 2.75) is 20.0 Å². The molecule has 0 aliphatic carbocycles. The van der Waals surface area contributed by atoms with Crippen molar-refractivity contribution in [2.24, 2.45) is 0 Å². The van der Waals surface area contributed by atoms with Crippen molar-refractivity contribution in [3.8, 4) is 23.0 Å². The summed E-state index contributed by atoms with van der Waals surface area (Å²) in [6.45, 7) is 3.84. The summed E-state index contributed by atoms with van der Waals surface area (Å²) in [6.07, 6.45) is 0.421. The van der Waals surface area contributed by atoms with Gasteiger partial charge in [-0.25, -0.2) is 0 Å². The SMILES string of the molecule is CCOc1ccccc1NC(=O)C(C)Oc1c(-c2ccco2)oc2ccc(Cl)cc2c1=O. The zero-order valence-electron chi connectivity index (χ0n) is 17.4. The summed E-state index contributed by atoms with van der Waals surface area (Å²) in [5.74, 6) is 0.308. The molecule has 4 rings (SSSR count). The molecule has 0 fully saturated rings. The summed E-state index contributed by atoms with van der Waals surface area (Å²) in [5, 5.41) is 3.38. The molecule has 8 heteroatoms. The zero-order chi connectivity index (χ0) is 22.7. The van der Waals surface area contributed by atoms with Crippen LogP contribution in [0.25, 0.3) is 22.5 Å². The van der Waals surface area contributed by atoms with E-state index in [4.69, 9.17) is 29.9 Å². The third kappa shape index (κ3) is 4.33. The van der Waals surface area contributed by atoms with Gasteiger partial charge in [0.05, 0.1) is 23.9 Å². The first-order valence-corrected chi connectivity index (χ1v) is 10.3. The smallest absolute Gasteiger partial charge is 0.265 e. The van der Waals surface area contributed by atoms with Gasteiger partial charge in [-0.05, 0) is 56.3 Å². The Morgan fingerprint density at radius 1 is 1.16 bits per heavy atom. The van der Waals surface area contributed by atoms with Gasteiger partial charge in [-0.1, -0.05) is 23.7 Å². The lowest BCUT2D eigenvalue weighted by Gasteiger charge is -2.17. The molecule has 2 aromatic heterocycles. The minimum atomic E-state index is -1.03. The minimum absolute atomic E-state index is 0.0872. The molecule has 0 aliphatic rings. The number of rotatable bonds is 7. The largest absolute Gasteiger partial charge is 0.492 e. The predicted molar refractivity (Wildman–Crippen MR) is 122 cm³/mol. The fourth-order valence-electron chi connectivity index (χ4n) is 3.14. The Morgan fingerprint density at radius 2 is 1.97 bits per heavy atom. The van der Waals surface area contributed by atoms with Crippen molar-refractivity contribution in [2.75, 3.05) is 11.9 Å². The third-order valence-electron chi connectivity index (χ3n) is 4.66. The van der Waals surface area contributed by atoms with E-state index in [-0.39, 0.29) is 16.9 Å². The lowest BCUT2D eigenvalue weighted by Crippen LogP contribution is -2.32. The summed E-state index contributed by atoms with van der Waals surface area (Å²) in [5.41, 5.74) is 0.355. The number of para-hydroxylation sites is 2. The molecule has 0 spiro atoms. The minimum Gasteiger partial charge on any atom is -0.492 e. The van der Waals surface area contributed by atoms with Crippen LogP contribution in [0, 0.1) is 0 Å². The van der Waals surface area contributed by atoms with Crippen molar-refractivity contribution < 1.29 is 23.1 Å². The molecule has 2 aromatic carbocycles. The molecule has 4 aromatic rings. The van der Waals surface area contributed by atoms with Gasteiger partial charge in [0.2, 0.25) is 16.9 Å². The second kappa shape index (κ2) is 9.20. The number of hydrogen-bond acceptors (Lipinski definition) is 6. The molecule has 0 aliphatic heterocycles. The van der Waals surface area contributed by atoms with E-state index in [1.165, 1.54) is 19.3 Å². The van der Waals surface area contributed by atoms with E-state index >= 15 is 0 Å². The first kappa shape index (κ1) is 21.5. The molecule has 1 amide bonds. The number of carbonyl (C=O) groups is 1. The van der Waals surface area contributed by atoms with Crippen LogP contribution in [0.4, 0.5) is 5.69 Å². The lowest BCUT2D eigenvalue weighted by atomic mass is 10.2. The number of carbonyl (C=O) groups excluding carboxylic acids is 1. The van der Waals surface area contributed by atoms with E-state index in [0.717, 1.165) is 0 Å². The van der Waals surface area contributed by atoms with Crippen LogP contribution in [0.2, 0.25) is 5.02 Å². The molecule has 32 heavy (non-hydrogen) atoms. The monoisotopic (exact) mass is 453 g/mol. The van der Waals surface area contributed by atoms with Crippen LogP contribution in [0.15, 0.2) is 74.5 Å². The van der Waals surface area contributed by atoms with Crippen LogP contribution < -0.4 is 20.2 Å². The topological polar surface area (TPSA) is 90.9 Å². The number of nitrogens with one attached hydrogen (secondary N) is 1. The normalized spacial score (nSPS) is 11.8. The molecular weight excluding hydrogens is 434 g/mol. The number of fused-ring (bicyclic) bond motifs is 1. The van der Waals surface area contributed by atoms with E-state index in [1.807, 2.05) is 13.0 Å². The molecule has 0 saturated heterocycles. The molecule has 7 nitrogen and oxygen atoms in total. The van der Waals surface area contributed by atoms with Gasteiger partial charge in [0.1, 0.15) is 11.3 Å². The van der Waals surface area contributed by atoms with Crippen LogP contribution >= 0.6 is 11.6 Å². The average molecular weight is 454 g/mol. The first-order valence-electron chi connectivity index (χ1n) is 9.97. The van der Waals surface area contributed by atoms with Gasteiger partial charge < -0.3 is 23.6 Å². The summed E-state index contributed by atoms with van der Waals surface area (Å²) in [6, 6.07) is 15.0. The Morgan fingerprint density at radius 3 is 2.72 bits per heavy atom. The Bertz CT molecular complexity index is 1310. The predicted octanol–water partition coefficient (Wildman–Crippen LogP) is 5.51. The number of anilines is 1. The lowest BCUT2D eigenvalue weighted by molar-refractivity contribution is -0.122. The second-order valence-corrected chi connectivity index (χ2v) is 7.32. The highest BCUT2D eigenvalue weighted by molar-refractivity contribution is 6.31. The van der Waals surface area contributed by atoms with E-state index in [9.17, 15) is 9.59 Å². The second-order valence-electron chi connectivity index (χ2n) is 6.89. The summed E-state index contributed by atoms with van der Waals surface area (Å²) >= 11 is 6.05. The number of ether oxygens (including phenoxy) is 2. The summed E-state index contributed by atoms with van der Waals surface area (Å²) in [7, 11) is 0. The van der Waals surface area contributed by atoms with Crippen LogP contribution in [-0.4, -0.2) is 18.6 Å². The number of furan rings is 1. The van der Waals surface area contributed by atoms with Crippen LogP contribution in [0.5, 0.6) is 11.5 Å². The maximum atomic E-state index is 13.2. The van der Waals surface area contributed by atoms with E-state index in [0.29, 0.717) is 34.4 Å². The van der Waals surface area contributed by atoms with Crippen molar-refractivity contribution in [1.29, 1.82) is 0 Å². The van der Waals surface area contributed by atoms with Gasteiger partial charge in [-0.2, -0.15) is 0 Å². The highest BCUT2D eigenvalue weighted by atomic mass is 35.5. The van der Waals surface area contributed by atoms with E-state index < -0.39 is 17.4 Å². The maximum absolute atomic E-state index is 13.2. The van der Waals surface area contributed by atoms with E-state index in [2.05, 4.69) is 5.32 Å². The third-order valence-corrected chi connectivity index (χ3v) is 4.90. The number of amides is 1. The van der Waals surface area contributed by atoms with Crippen molar-refractivity contribution in [3.05, 3.63) is 76.1 Å². The molecular formula is C24H20ClNO6. The highest BCUT2D eigenvalue weighted by Crippen LogP contribution is 2.33. The van der Waals surface area contributed by atoms with Gasteiger partial charge in [-0.3, -0.25) is 9.59 Å². The van der Waals surface area contributed by atoms with Crippen molar-refractivity contribution in [3.63, 3.8) is 0 Å². The average Bonchev–Trinajstić information content (AvgIpc) is 3.32. The summed E-state index contributed by atoms with van der Waals surface area (Å²) < 4.78 is 22.7. The van der Waals surface area contributed by atoms with Crippen LogP contribution in [0.1, 0.15) is 13.8 Å². The fraction of sp³-hybridized carbons (Fsp3) is 0.167. The van der Waals surface area contributed by atoms with Gasteiger partial charge >= 0.3 is 0 Å². The molecule has 1 N–H and O–H groups in total. The quantitative estimate of drug-likeness (QED) is 0.396. The molecule has 1 atom stereocenters. The van der Waals surface area contributed by atoms with Crippen LogP contribution in [0.3, 0.4) is 0 Å². The van der Waals surface area contributed by atoms with Gasteiger partial charge in [0, 0.05) is 5.02 Å². The Kier molecular flexibility index (Phi) is 6.18. The number of benzene rings is 2. The Balaban J connectivity index is 1.69. The molecule has 1 unspecified atom stereocenters. The molecule has 2 heterocycles.